The zero-order valence-electron chi connectivity index (χ0n) is 14.8. The van der Waals surface area contributed by atoms with Crippen LogP contribution in [-0.4, -0.2) is 52.0 Å². The number of benzene rings is 2. The quantitative estimate of drug-likeness (QED) is 0.803. The van der Waals surface area contributed by atoms with Gasteiger partial charge in [-0.1, -0.05) is 18.2 Å². The Kier molecular flexibility index (Phi) is 6.12. The van der Waals surface area contributed by atoms with Gasteiger partial charge in [0.15, 0.2) is 9.84 Å². The molecule has 0 unspecified atom stereocenters. The summed E-state index contributed by atoms with van der Waals surface area (Å²) in [5, 5.41) is 5.45. The molecule has 7 nitrogen and oxygen atoms in total. The molecular formula is C18H21N3O4S. The van der Waals surface area contributed by atoms with Crippen LogP contribution in [0, 0.1) is 0 Å². The first-order valence-electron chi connectivity index (χ1n) is 7.82. The van der Waals surface area contributed by atoms with Crippen LogP contribution in [0.5, 0.6) is 0 Å². The summed E-state index contributed by atoms with van der Waals surface area (Å²) in [6.07, 6.45) is 1.08. The number of hydrogen-bond donors (Lipinski definition) is 2. The third-order valence-corrected chi connectivity index (χ3v) is 4.54. The molecule has 0 aliphatic carbocycles. The summed E-state index contributed by atoms with van der Waals surface area (Å²) in [5.74, 6) is -0.680. The second kappa shape index (κ2) is 8.11. The number of nitrogens with one attached hydrogen (secondary N) is 2. The Labute approximate surface area is 152 Å². The van der Waals surface area contributed by atoms with Gasteiger partial charge in [-0.25, -0.2) is 8.42 Å². The highest BCUT2D eigenvalue weighted by atomic mass is 32.2. The normalized spacial score (nSPS) is 11.2. The fourth-order valence-corrected chi connectivity index (χ4v) is 2.91. The predicted molar refractivity (Wildman–Crippen MR) is 101 cm³/mol. The average molecular weight is 375 g/mol. The third-order valence-electron chi connectivity index (χ3n) is 3.43. The Morgan fingerprint density at radius 1 is 0.962 bits per heavy atom. The molecule has 0 aromatic heterocycles. The number of para-hydroxylation sites is 2. The van der Waals surface area contributed by atoms with Gasteiger partial charge in [-0.2, -0.15) is 0 Å². The van der Waals surface area contributed by atoms with E-state index in [-0.39, 0.29) is 22.9 Å². The minimum atomic E-state index is -3.41. The van der Waals surface area contributed by atoms with Gasteiger partial charge in [0, 0.05) is 11.8 Å². The number of nitrogens with zero attached hydrogens (tertiary/aromatic N) is 1. The summed E-state index contributed by atoms with van der Waals surface area (Å²) in [6.45, 7) is 0.207. The van der Waals surface area contributed by atoms with Gasteiger partial charge in [-0.05, 0) is 44.4 Å². The fraction of sp³-hybridized carbons (Fsp3) is 0.222. The molecule has 26 heavy (non-hydrogen) atoms. The first-order valence-corrected chi connectivity index (χ1v) is 9.71. The molecule has 0 bridgehead atoms. The van der Waals surface area contributed by atoms with Crippen molar-refractivity contribution in [2.75, 3.05) is 37.5 Å². The molecule has 2 N–H and O–H groups in total. The molecule has 0 saturated carbocycles. The van der Waals surface area contributed by atoms with Crippen LogP contribution in [0.4, 0.5) is 11.4 Å². The lowest BCUT2D eigenvalue weighted by molar-refractivity contribution is -0.116. The van der Waals surface area contributed by atoms with E-state index in [9.17, 15) is 18.0 Å². The van der Waals surface area contributed by atoms with E-state index in [0.717, 1.165) is 6.26 Å². The number of carbonyl (C=O) groups excluding carboxylic acids is 2. The number of carbonyl (C=O) groups is 2. The molecule has 2 amide bonds. The molecule has 0 aliphatic rings. The maximum atomic E-state index is 12.5. The summed E-state index contributed by atoms with van der Waals surface area (Å²) in [7, 11) is 0.151. The molecule has 2 aromatic carbocycles. The van der Waals surface area contributed by atoms with Crippen LogP contribution in [0.3, 0.4) is 0 Å². The highest BCUT2D eigenvalue weighted by Gasteiger charge is 2.14. The van der Waals surface area contributed by atoms with Crippen molar-refractivity contribution in [2.24, 2.45) is 0 Å². The lowest BCUT2D eigenvalue weighted by Gasteiger charge is -2.14. The van der Waals surface area contributed by atoms with Crippen molar-refractivity contribution in [3.05, 3.63) is 54.1 Å². The number of amides is 2. The largest absolute Gasteiger partial charge is 0.323 e. The van der Waals surface area contributed by atoms with Crippen molar-refractivity contribution in [3.8, 4) is 0 Å². The van der Waals surface area contributed by atoms with Crippen molar-refractivity contribution < 1.29 is 18.0 Å². The second-order valence-electron chi connectivity index (χ2n) is 6.09. The molecule has 0 heterocycles. The molecular weight excluding hydrogens is 354 g/mol. The Balaban J connectivity index is 2.21. The van der Waals surface area contributed by atoms with E-state index in [1.54, 1.807) is 43.3 Å². The highest BCUT2D eigenvalue weighted by Crippen LogP contribution is 2.22. The van der Waals surface area contributed by atoms with Crippen molar-refractivity contribution in [3.63, 3.8) is 0 Å². The zero-order valence-corrected chi connectivity index (χ0v) is 15.6. The van der Waals surface area contributed by atoms with E-state index in [1.165, 1.54) is 24.3 Å². The van der Waals surface area contributed by atoms with Crippen LogP contribution in [0.1, 0.15) is 10.4 Å². The topological polar surface area (TPSA) is 95.6 Å². The van der Waals surface area contributed by atoms with E-state index >= 15 is 0 Å². The van der Waals surface area contributed by atoms with Gasteiger partial charge in [0.1, 0.15) is 0 Å². The molecule has 0 saturated heterocycles. The maximum absolute atomic E-state index is 12.5. The van der Waals surface area contributed by atoms with Crippen molar-refractivity contribution >= 4 is 33.0 Å². The summed E-state index contributed by atoms with van der Waals surface area (Å²) >= 11 is 0. The van der Waals surface area contributed by atoms with Crippen LogP contribution in [0.25, 0.3) is 0 Å². The molecule has 138 valence electrons. The third kappa shape index (κ3) is 5.40. The van der Waals surface area contributed by atoms with Crippen LogP contribution in [-0.2, 0) is 14.6 Å². The van der Waals surface area contributed by atoms with Crippen LogP contribution >= 0.6 is 0 Å². The monoisotopic (exact) mass is 375 g/mol. The summed E-state index contributed by atoms with van der Waals surface area (Å²) < 4.78 is 23.3. The van der Waals surface area contributed by atoms with Crippen LogP contribution in [0.2, 0.25) is 0 Å². The van der Waals surface area contributed by atoms with Crippen molar-refractivity contribution in [1.82, 2.24) is 4.90 Å². The highest BCUT2D eigenvalue weighted by molar-refractivity contribution is 7.90. The van der Waals surface area contributed by atoms with Gasteiger partial charge in [0.25, 0.3) is 5.91 Å². The summed E-state index contributed by atoms with van der Waals surface area (Å²) in [5.41, 5.74) is 1.10. The SMILES string of the molecule is CN(C)CC(=O)Nc1ccccc1NC(=O)c1cccc(S(C)(=O)=O)c1. The van der Waals surface area contributed by atoms with E-state index in [4.69, 9.17) is 0 Å². The first-order chi connectivity index (χ1) is 12.2. The minimum Gasteiger partial charge on any atom is -0.323 e. The van der Waals surface area contributed by atoms with E-state index in [0.29, 0.717) is 11.4 Å². The number of anilines is 2. The van der Waals surface area contributed by atoms with Gasteiger partial charge >= 0.3 is 0 Å². The lowest BCUT2D eigenvalue weighted by Crippen LogP contribution is -2.27. The fourth-order valence-electron chi connectivity index (χ4n) is 2.24. The van der Waals surface area contributed by atoms with Gasteiger partial charge in [-0.3, -0.25) is 9.59 Å². The molecule has 8 heteroatoms. The molecule has 0 spiro atoms. The second-order valence-corrected chi connectivity index (χ2v) is 8.10. The van der Waals surface area contributed by atoms with Gasteiger partial charge in [-0.15, -0.1) is 0 Å². The molecule has 0 aliphatic heterocycles. The van der Waals surface area contributed by atoms with E-state index in [2.05, 4.69) is 10.6 Å². The number of sulfone groups is 1. The summed E-state index contributed by atoms with van der Waals surface area (Å²) in [6, 6.07) is 12.6. The molecule has 2 aromatic rings. The van der Waals surface area contributed by atoms with Crippen LogP contribution in [0.15, 0.2) is 53.4 Å². The standard InChI is InChI=1S/C18H21N3O4S/c1-21(2)12-17(22)19-15-9-4-5-10-16(15)20-18(23)13-7-6-8-14(11-13)26(3,24)25/h4-11H,12H2,1-3H3,(H,19,22)(H,20,23). The molecule has 0 fully saturated rings. The molecule has 2 rings (SSSR count). The van der Waals surface area contributed by atoms with Crippen molar-refractivity contribution in [2.45, 2.75) is 4.90 Å². The van der Waals surface area contributed by atoms with Crippen LogP contribution < -0.4 is 10.6 Å². The maximum Gasteiger partial charge on any atom is 0.255 e. The smallest absolute Gasteiger partial charge is 0.255 e. The Hall–Kier alpha value is -2.71. The number of hydrogen-bond acceptors (Lipinski definition) is 5. The molecule has 0 radical (unpaired) electrons. The average Bonchev–Trinajstić information content (AvgIpc) is 2.55. The Morgan fingerprint density at radius 3 is 2.15 bits per heavy atom. The lowest BCUT2D eigenvalue weighted by atomic mass is 10.2. The predicted octanol–water partition coefficient (Wildman–Crippen LogP) is 1.84. The minimum absolute atomic E-state index is 0.0673. The van der Waals surface area contributed by atoms with Gasteiger partial charge in [0.2, 0.25) is 5.91 Å². The Bertz CT molecular complexity index is 924. The van der Waals surface area contributed by atoms with Gasteiger partial charge < -0.3 is 15.5 Å². The van der Waals surface area contributed by atoms with E-state index < -0.39 is 15.7 Å². The number of likely N-dealkylation sites (N-methyl/N-ethyl adjacent to an activating group) is 1. The van der Waals surface area contributed by atoms with E-state index in [1.807, 2.05) is 0 Å². The van der Waals surface area contributed by atoms with Gasteiger partial charge in [0.05, 0.1) is 22.8 Å². The number of rotatable bonds is 6. The molecule has 0 atom stereocenters. The van der Waals surface area contributed by atoms with Crippen molar-refractivity contribution in [1.29, 1.82) is 0 Å². The first kappa shape index (κ1) is 19.6. The summed E-state index contributed by atoms with van der Waals surface area (Å²) in [4.78, 5) is 26.2. The zero-order chi connectivity index (χ0) is 19.3. The Morgan fingerprint density at radius 2 is 1.58 bits per heavy atom.